The molecule has 2 aliphatic heterocycles. The number of thioether (sulfide) groups is 1. The molecular formula is C19H20BrN3O4S. The van der Waals surface area contributed by atoms with Gasteiger partial charge >= 0.3 is 5.17 Å². The molecule has 2 aromatic carbocycles. The Balaban J connectivity index is 0.00000225. The van der Waals surface area contributed by atoms with Crippen LogP contribution in [0.2, 0.25) is 0 Å². The zero-order chi connectivity index (χ0) is 19.0. The molecule has 2 aromatic rings. The third kappa shape index (κ3) is 3.49. The van der Waals surface area contributed by atoms with Gasteiger partial charge in [0.05, 0.1) is 18.6 Å². The molecule has 0 saturated carbocycles. The molecule has 0 aliphatic carbocycles. The smallest absolute Gasteiger partial charge is 0.316 e. The summed E-state index contributed by atoms with van der Waals surface area (Å²) in [5, 5.41) is 23.7. The van der Waals surface area contributed by atoms with Crippen LogP contribution >= 0.6 is 11.8 Å². The Labute approximate surface area is 177 Å². The van der Waals surface area contributed by atoms with Crippen LogP contribution in [0.15, 0.2) is 48.5 Å². The van der Waals surface area contributed by atoms with E-state index in [-0.39, 0.29) is 22.7 Å². The molecule has 0 bridgehead atoms. The van der Waals surface area contributed by atoms with Gasteiger partial charge in [-0.1, -0.05) is 0 Å². The van der Waals surface area contributed by atoms with E-state index in [4.69, 9.17) is 4.74 Å². The van der Waals surface area contributed by atoms with E-state index in [0.29, 0.717) is 12.1 Å². The normalized spacial score (nSPS) is 21.1. The summed E-state index contributed by atoms with van der Waals surface area (Å²) in [7, 11) is 1.62. The van der Waals surface area contributed by atoms with Crippen LogP contribution in [0.25, 0.3) is 0 Å². The van der Waals surface area contributed by atoms with Crippen LogP contribution in [0.4, 0.5) is 11.4 Å². The Hall–Kier alpha value is -2.10. The zero-order valence-electron chi connectivity index (χ0n) is 15.2. The third-order valence-corrected chi connectivity index (χ3v) is 6.11. The molecule has 7 nitrogen and oxygen atoms in total. The summed E-state index contributed by atoms with van der Waals surface area (Å²) < 4.78 is 7.42. The Morgan fingerprint density at radius 1 is 1.21 bits per heavy atom. The van der Waals surface area contributed by atoms with Gasteiger partial charge in [-0.25, -0.2) is 4.58 Å². The summed E-state index contributed by atoms with van der Waals surface area (Å²) in [5.74, 6) is 1.74. The second kappa shape index (κ2) is 8.10. The summed E-state index contributed by atoms with van der Waals surface area (Å²) in [5.41, 5.74) is 0.196. The number of halogens is 1. The van der Waals surface area contributed by atoms with E-state index in [1.165, 1.54) is 12.1 Å². The predicted molar refractivity (Wildman–Crippen MR) is 105 cm³/mol. The first-order valence-electron chi connectivity index (χ1n) is 8.69. The average Bonchev–Trinajstić information content (AvgIpc) is 3.01. The lowest BCUT2D eigenvalue weighted by atomic mass is 10.0. The summed E-state index contributed by atoms with van der Waals surface area (Å²) in [6.07, 6.45) is 1.06. The number of methoxy groups -OCH3 is 1. The number of hydrogen-bond donors (Lipinski definition) is 1. The number of nitro groups is 1. The van der Waals surface area contributed by atoms with E-state index >= 15 is 0 Å². The molecule has 2 aliphatic rings. The van der Waals surface area contributed by atoms with Crippen molar-refractivity contribution in [3.05, 3.63) is 64.2 Å². The van der Waals surface area contributed by atoms with Crippen molar-refractivity contribution in [2.45, 2.75) is 12.1 Å². The number of benzene rings is 2. The van der Waals surface area contributed by atoms with Crippen LogP contribution in [-0.4, -0.2) is 45.7 Å². The lowest BCUT2D eigenvalue weighted by molar-refractivity contribution is -0.532. The fourth-order valence-electron chi connectivity index (χ4n) is 3.58. The number of hydrogen-bond acceptors (Lipinski definition) is 6. The summed E-state index contributed by atoms with van der Waals surface area (Å²) in [6.45, 7) is 1.30. The van der Waals surface area contributed by atoms with Crippen molar-refractivity contribution in [3.8, 4) is 5.75 Å². The molecule has 148 valence electrons. The van der Waals surface area contributed by atoms with Gasteiger partial charge in [0, 0.05) is 23.4 Å². The molecule has 1 N–H and O–H groups in total. The minimum Gasteiger partial charge on any atom is -1.00 e. The van der Waals surface area contributed by atoms with Crippen molar-refractivity contribution >= 4 is 28.3 Å². The zero-order valence-corrected chi connectivity index (χ0v) is 17.6. The minimum absolute atomic E-state index is 0. The summed E-state index contributed by atoms with van der Waals surface area (Å²) in [6, 6.07) is 13.7. The fraction of sp³-hybridized carbons (Fsp3) is 0.316. The van der Waals surface area contributed by atoms with Gasteiger partial charge in [-0.05, 0) is 54.6 Å². The fourth-order valence-corrected chi connectivity index (χ4v) is 4.76. The highest BCUT2D eigenvalue weighted by atomic mass is 79.9. The molecule has 0 saturated heterocycles. The van der Waals surface area contributed by atoms with Crippen molar-refractivity contribution < 1.29 is 36.3 Å². The van der Waals surface area contributed by atoms with Gasteiger partial charge in [0.1, 0.15) is 11.4 Å². The van der Waals surface area contributed by atoms with Gasteiger partial charge in [0.2, 0.25) is 0 Å². The predicted octanol–water partition coefficient (Wildman–Crippen LogP) is -0.222. The van der Waals surface area contributed by atoms with Crippen LogP contribution in [0.3, 0.4) is 0 Å². The van der Waals surface area contributed by atoms with Gasteiger partial charge in [-0.2, -0.15) is 4.90 Å². The third-order valence-electron chi connectivity index (χ3n) is 4.92. The van der Waals surface area contributed by atoms with Gasteiger partial charge in [-0.15, -0.1) is 0 Å². The van der Waals surface area contributed by atoms with Gasteiger partial charge < -0.3 is 26.8 Å². The molecular weight excluding hydrogens is 446 g/mol. The molecule has 28 heavy (non-hydrogen) atoms. The maximum absolute atomic E-state index is 11.7. The molecule has 9 heteroatoms. The van der Waals surface area contributed by atoms with Crippen LogP contribution < -0.4 is 26.6 Å². The van der Waals surface area contributed by atoms with Gasteiger partial charge in [0.25, 0.3) is 11.4 Å². The lowest BCUT2D eigenvalue weighted by Crippen LogP contribution is -3.00. The van der Waals surface area contributed by atoms with E-state index < -0.39 is 10.6 Å². The Kier molecular flexibility index (Phi) is 5.97. The first-order chi connectivity index (χ1) is 13.0. The SMILES string of the molecule is COc1ccc(N2C3=[N+](CCCS3)CC2(O)c2ccc([N+](=O)[O-])cc2)cc1.[Br-]. The second-order valence-corrected chi connectivity index (χ2v) is 7.62. The molecule has 1 atom stereocenters. The molecule has 4 rings (SSSR count). The van der Waals surface area contributed by atoms with Gasteiger partial charge in [0.15, 0.2) is 6.54 Å². The highest BCUT2D eigenvalue weighted by Crippen LogP contribution is 2.40. The van der Waals surface area contributed by atoms with Crippen LogP contribution in [-0.2, 0) is 5.72 Å². The van der Waals surface area contributed by atoms with E-state index in [0.717, 1.165) is 35.3 Å². The molecule has 2 heterocycles. The van der Waals surface area contributed by atoms with Gasteiger partial charge in [-0.3, -0.25) is 10.1 Å². The quantitative estimate of drug-likeness (QED) is 0.382. The van der Waals surface area contributed by atoms with Crippen LogP contribution in [0, 0.1) is 10.1 Å². The molecule has 1 unspecified atom stereocenters. The van der Waals surface area contributed by atoms with E-state index in [1.807, 2.05) is 29.2 Å². The summed E-state index contributed by atoms with van der Waals surface area (Å²) in [4.78, 5) is 12.5. The van der Waals surface area contributed by atoms with E-state index in [1.54, 1.807) is 31.0 Å². The minimum atomic E-state index is -1.30. The number of ether oxygens (including phenoxy) is 1. The summed E-state index contributed by atoms with van der Waals surface area (Å²) >= 11 is 1.72. The first-order valence-corrected chi connectivity index (χ1v) is 9.68. The van der Waals surface area contributed by atoms with Crippen LogP contribution in [0.1, 0.15) is 12.0 Å². The van der Waals surface area contributed by atoms with Crippen molar-refractivity contribution in [3.63, 3.8) is 0 Å². The maximum atomic E-state index is 11.7. The largest absolute Gasteiger partial charge is 1.00 e. The number of anilines is 1. The molecule has 0 aromatic heterocycles. The topological polar surface area (TPSA) is 78.8 Å². The highest BCUT2D eigenvalue weighted by Gasteiger charge is 2.55. The highest BCUT2D eigenvalue weighted by molar-refractivity contribution is 8.14. The monoisotopic (exact) mass is 465 g/mol. The Morgan fingerprint density at radius 3 is 2.50 bits per heavy atom. The average molecular weight is 466 g/mol. The molecule has 0 spiro atoms. The van der Waals surface area contributed by atoms with Crippen molar-refractivity contribution in [1.82, 2.24) is 0 Å². The lowest BCUT2D eigenvalue weighted by Gasteiger charge is -2.28. The number of nitrogens with zero attached hydrogens (tertiary/aromatic N) is 3. The number of nitro benzene ring substituents is 1. The maximum Gasteiger partial charge on any atom is 0.316 e. The number of non-ortho nitro benzene ring substituents is 1. The number of aliphatic hydroxyl groups is 1. The second-order valence-electron chi connectivity index (χ2n) is 6.56. The van der Waals surface area contributed by atoms with Crippen molar-refractivity contribution in [2.75, 3.05) is 30.9 Å². The number of amidine groups is 1. The number of rotatable bonds is 4. The molecule has 0 radical (unpaired) electrons. The van der Waals surface area contributed by atoms with Crippen LogP contribution in [0.5, 0.6) is 5.75 Å². The van der Waals surface area contributed by atoms with E-state index in [2.05, 4.69) is 4.58 Å². The van der Waals surface area contributed by atoms with Crippen molar-refractivity contribution in [2.24, 2.45) is 0 Å². The van der Waals surface area contributed by atoms with Crippen molar-refractivity contribution in [1.29, 1.82) is 0 Å². The molecule has 0 amide bonds. The Bertz CT molecular complexity index is 904. The molecule has 0 fully saturated rings. The van der Waals surface area contributed by atoms with E-state index in [9.17, 15) is 15.2 Å². The first kappa shape index (κ1) is 20.6. The Morgan fingerprint density at radius 2 is 1.89 bits per heavy atom. The standard InChI is InChI=1S/C19H20N3O4S.BrH/c1-26-17-9-7-15(8-10-17)21-18-20(11-2-12-27-18)13-19(21,23)14-3-5-16(6-4-14)22(24)25;/h3-10,23H,2,11-13H2,1H3;1H/q+1;/p-1.